The third-order valence-electron chi connectivity index (χ3n) is 5.17. The molecule has 30 heavy (non-hydrogen) atoms. The Morgan fingerprint density at radius 1 is 1.23 bits per heavy atom. The zero-order valence-electron chi connectivity index (χ0n) is 17.6. The number of hydrogen-bond acceptors (Lipinski definition) is 6. The maximum atomic E-state index is 11.7. The van der Waals surface area contributed by atoms with Crippen molar-refractivity contribution in [2.45, 2.75) is 33.4 Å². The number of rotatable bonds is 5. The van der Waals surface area contributed by atoms with Gasteiger partial charge in [-0.3, -0.25) is 0 Å². The number of urea groups is 1. The molecule has 1 saturated heterocycles. The average molecular weight is 409 g/mol. The molecule has 0 aliphatic carbocycles. The van der Waals surface area contributed by atoms with Crippen LogP contribution in [-0.2, 0) is 11.3 Å². The molecule has 1 unspecified atom stereocenters. The molecule has 2 aromatic heterocycles. The van der Waals surface area contributed by atoms with Crippen LogP contribution in [0.15, 0.2) is 30.6 Å². The van der Waals surface area contributed by atoms with Gasteiger partial charge in [0.2, 0.25) is 0 Å². The van der Waals surface area contributed by atoms with E-state index in [4.69, 9.17) is 14.7 Å². The van der Waals surface area contributed by atoms with E-state index in [1.54, 1.807) is 0 Å². The number of nitrogens with one attached hydrogen (secondary N) is 2. The van der Waals surface area contributed by atoms with Crippen molar-refractivity contribution in [3.63, 3.8) is 0 Å². The van der Waals surface area contributed by atoms with Gasteiger partial charge in [-0.25, -0.2) is 19.7 Å². The summed E-state index contributed by atoms with van der Waals surface area (Å²) in [6, 6.07) is 7.50. The van der Waals surface area contributed by atoms with Crippen molar-refractivity contribution < 1.29 is 9.53 Å². The summed E-state index contributed by atoms with van der Waals surface area (Å²) in [6.45, 7) is 9.59. The average Bonchev–Trinajstić information content (AvgIpc) is 3.17. The molecule has 0 spiro atoms. The first kappa shape index (κ1) is 20.1. The van der Waals surface area contributed by atoms with Crippen molar-refractivity contribution in [3.05, 3.63) is 30.6 Å². The molecule has 1 fully saturated rings. The smallest absolute Gasteiger partial charge is 0.319 e. The van der Waals surface area contributed by atoms with Gasteiger partial charge in [0.05, 0.1) is 25.6 Å². The number of aryl methyl sites for hydroxylation is 1. The van der Waals surface area contributed by atoms with Crippen LogP contribution in [0, 0.1) is 0 Å². The molecule has 2 amide bonds. The van der Waals surface area contributed by atoms with Crippen molar-refractivity contribution in [1.29, 1.82) is 0 Å². The van der Waals surface area contributed by atoms with Gasteiger partial charge in [0.25, 0.3) is 0 Å². The highest BCUT2D eigenvalue weighted by Crippen LogP contribution is 2.30. The third-order valence-corrected chi connectivity index (χ3v) is 5.17. The number of anilines is 2. The van der Waals surface area contributed by atoms with Crippen molar-refractivity contribution >= 4 is 28.7 Å². The molecular weight excluding hydrogens is 382 g/mol. The van der Waals surface area contributed by atoms with E-state index in [0.29, 0.717) is 36.9 Å². The molecule has 2 N–H and O–H groups in total. The van der Waals surface area contributed by atoms with Gasteiger partial charge in [-0.2, -0.15) is 0 Å². The number of ether oxygens (including phenoxy) is 1. The lowest BCUT2D eigenvalue weighted by Crippen LogP contribution is -2.44. The van der Waals surface area contributed by atoms with E-state index in [2.05, 4.69) is 38.9 Å². The minimum absolute atomic E-state index is 0.216. The van der Waals surface area contributed by atoms with Gasteiger partial charge in [-0.05, 0) is 45.0 Å². The van der Waals surface area contributed by atoms with E-state index in [1.807, 2.05) is 37.5 Å². The summed E-state index contributed by atoms with van der Waals surface area (Å²) in [7, 11) is 0. The zero-order chi connectivity index (χ0) is 21.1. The lowest BCUT2D eigenvalue weighted by atomic mass is 10.2. The van der Waals surface area contributed by atoms with Gasteiger partial charge in [-0.1, -0.05) is 0 Å². The normalized spacial score (nSPS) is 16.6. The van der Waals surface area contributed by atoms with Gasteiger partial charge in [0.1, 0.15) is 5.52 Å². The number of aromatic nitrogens is 4. The highest BCUT2D eigenvalue weighted by Gasteiger charge is 2.25. The second-order valence-corrected chi connectivity index (χ2v) is 7.25. The second kappa shape index (κ2) is 8.66. The van der Waals surface area contributed by atoms with Crippen LogP contribution in [0.25, 0.3) is 22.6 Å². The summed E-state index contributed by atoms with van der Waals surface area (Å²) in [4.78, 5) is 28.2. The molecular formula is C21H27N7O2. The maximum Gasteiger partial charge on any atom is 0.319 e. The first-order valence-corrected chi connectivity index (χ1v) is 10.3. The molecule has 1 atom stereocenters. The molecule has 0 radical (unpaired) electrons. The summed E-state index contributed by atoms with van der Waals surface area (Å²) in [5.74, 6) is 1.50. The van der Waals surface area contributed by atoms with Crippen molar-refractivity contribution in [1.82, 2.24) is 24.8 Å². The Hall–Kier alpha value is -3.20. The monoisotopic (exact) mass is 409 g/mol. The third kappa shape index (κ3) is 3.93. The number of amides is 2. The fourth-order valence-corrected chi connectivity index (χ4v) is 3.61. The number of nitrogens with zero attached hydrogens (tertiary/aromatic N) is 5. The van der Waals surface area contributed by atoms with E-state index < -0.39 is 0 Å². The van der Waals surface area contributed by atoms with Crippen LogP contribution in [0.4, 0.5) is 16.3 Å². The summed E-state index contributed by atoms with van der Waals surface area (Å²) < 4.78 is 7.69. The first-order valence-electron chi connectivity index (χ1n) is 10.3. The van der Waals surface area contributed by atoms with Crippen LogP contribution in [0.2, 0.25) is 0 Å². The molecule has 4 rings (SSSR count). The minimum Gasteiger partial charge on any atom is -0.377 e. The van der Waals surface area contributed by atoms with Gasteiger partial charge in [-0.15, -0.1) is 0 Å². The van der Waals surface area contributed by atoms with Crippen molar-refractivity contribution in [2.24, 2.45) is 0 Å². The molecule has 3 heterocycles. The predicted molar refractivity (Wildman–Crippen MR) is 117 cm³/mol. The van der Waals surface area contributed by atoms with E-state index in [0.717, 1.165) is 30.0 Å². The van der Waals surface area contributed by atoms with E-state index in [9.17, 15) is 4.79 Å². The standard InChI is InChI=1S/C21H27N7O2/c1-4-22-21(29)24-16-8-6-15(7-9-16)18-25-19-17(27(5-2)13-23-19)20(26-18)28-10-11-30-12-14(28)3/h6-9,13-14H,4-5,10-12H2,1-3H3,(H2,22,24,29). The molecule has 9 nitrogen and oxygen atoms in total. The second-order valence-electron chi connectivity index (χ2n) is 7.25. The summed E-state index contributed by atoms with van der Waals surface area (Å²) >= 11 is 0. The number of morpholine rings is 1. The fraction of sp³-hybridized carbons (Fsp3) is 0.429. The number of imidazole rings is 1. The number of carbonyl (C=O) groups is 1. The lowest BCUT2D eigenvalue weighted by molar-refractivity contribution is 0.0986. The molecule has 1 aromatic carbocycles. The number of carbonyl (C=O) groups excluding carboxylic acids is 1. The number of fused-ring (bicyclic) bond motifs is 1. The topological polar surface area (TPSA) is 97.2 Å². The minimum atomic E-state index is -0.225. The zero-order valence-corrected chi connectivity index (χ0v) is 17.6. The Morgan fingerprint density at radius 2 is 2.03 bits per heavy atom. The SMILES string of the molecule is CCNC(=O)Nc1ccc(-c2nc(N3CCOCC3C)c3c(ncn3CC)n2)cc1. The highest BCUT2D eigenvalue weighted by molar-refractivity contribution is 5.90. The van der Waals surface area contributed by atoms with Gasteiger partial charge >= 0.3 is 6.03 Å². The van der Waals surface area contributed by atoms with Crippen LogP contribution < -0.4 is 15.5 Å². The Morgan fingerprint density at radius 3 is 2.73 bits per heavy atom. The van der Waals surface area contributed by atoms with E-state index >= 15 is 0 Å². The molecule has 3 aromatic rings. The largest absolute Gasteiger partial charge is 0.377 e. The van der Waals surface area contributed by atoms with Crippen LogP contribution in [0.1, 0.15) is 20.8 Å². The van der Waals surface area contributed by atoms with Crippen LogP contribution >= 0.6 is 0 Å². The highest BCUT2D eigenvalue weighted by atomic mass is 16.5. The molecule has 1 aliphatic rings. The Bertz CT molecular complexity index is 1030. The quantitative estimate of drug-likeness (QED) is 0.673. The van der Waals surface area contributed by atoms with E-state index in [1.165, 1.54) is 0 Å². The Labute approximate surface area is 175 Å². The van der Waals surface area contributed by atoms with Crippen molar-refractivity contribution in [2.75, 3.05) is 36.5 Å². The molecule has 1 aliphatic heterocycles. The Balaban J connectivity index is 1.72. The predicted octanol–water partition coefficient (Wildman–Crippen LogP) is 2.88. The summed E-state index contributed by atoms with van der Waals surface area (Å²) in [5.41, 5.74) is 3.21. The van der Waals surface area contributed by atoms with Crippen LogP contribution in [0.3, 0.4) is 0 Å². The fourth-order valence-electron chi connectivity index (χ4n) is 3.61. The lowest BCUT2D eigenvalue weighted by Gasteiger charge is -2.34. The Kier molecular flexibility index (Phi) is 5.80. The summed E-state index contributed by atoms with van der Waals surface area (Å²) in [6.07, 6.45) is 1.82. The van der Waals surface area contributed by atoms with E-state index in [-0.39, 0.29) is 12.1 Å². The van der Waals surface area contributed by atoms with Crippen molar-refractivity contribution in [3.8, 4) is 11.4 Å². The van der Waals surface area contributed by atoms with Crippen LogP contribution in [-0.4, -0.2) is 57.9 Å². The van der Waals surface area contributed by atoms with Gasteiger partial charge in [0, 0.05) is 30.9 Å². The number of hydrogen-bond donors (Lipinski definition) is 2. The molecule has 0 bridgehead atoms. The van der Waals surface area contributed by atoms with Gasteiger partial charge in [0.15, 0.2) is 17.3 Å². The molecule has 9 heteroatoms. The summed E-state index contributed by atoms with van der Waals surface area (Å²) in [5, 5.41) is 5.52. The first-order chi connectivity index (χ1) is 14.6. The maximum absolute atomic E-state index is 11.7. The molecule has 0 saturated carbocycles. The van der Waals surface area contributed by atoms with Crippen LogP contribution in [0.5, 0.6) is 0 Å². The molecule has 158 valence electrons. The van der Waals surface area contributed by atoms with Gasteiger partial charge < -0.3 is 24.8 Å². The number of benzene rings is 1.